The molecule has 0 saturated heterocycles. The van der Waals surface area contributed by atoms with Gasteiger partial charge in [0.1, 0.15) is 0 Å². The minimum absolute atomic E-state index is 0. The van der Waals surface area contributed by atoms with Gasteiger partial charge in [-0.15, -0.1) is 12.8 Å². The molecule has 6 heteroatoms. The molecule has 0 aliphatic heterocycles. The van der Waals surface area contributed by atoms with Crippen LogP contribution in [0.2, 0.25) is 0 Å². The standard InChI is InChI=1S/2C20H29S.2ClH.2Ti/c2*1-5-6-15-21-20(16-17-11-7-8-12-17)14-10-9-13-18(20)19(2,3)4;;;;/h2*7,9-11,13H,5-6,8,14-16H2,1-4H3;2*1H;;/q2*-1;;;2*+2/p-2. The molecule has 0 bridgehead atoms. The Kier molecular flexibility index (Phi) is 24.6. The van der Waals surface area contributed by atoms with Crippen LogP contribution in [0.3, 0.4) is 0 Å². The van der Waals surface area contributed by atoms with E-state index >= 15 is 0 Å². The summed E-state index contributed by atoms with van der Waals surface area (Å²) >= 11 is 4.35. The van der Waals surface area contributed by atoms with Gasteiger partial charge >= 0.3 is 43.4 Å². The van der Waals surface area contributed by atoms with Gasteiger partial charge in [-0.25, -0.2) is 23.3 Å². The summed E-state index contributed by atoms with van der Waals surface area (Å²) in [6.45, 7) is 18.7. The van der Waals surface area contributed by atoms with Crippen molar-refractivity contribution in [3.8, 4) is 0 Å². The number of rotatable bonds is 12. The summed E-state index contributed by atoms with van der Waals surface area (Å²) < 4.78 is 0.471. The van der Waals surface area contributed by atoms with Crippen molar-refractivity contribution in [2.24, 2.45) is 10.8 Å². The van der Waals surface area contributed by atoms with Crippen LogP contribution in [-0.2, 0) is 43.4 Å². The molecule has 252 valence electrons. The normalized spacial score (nSPS) is 23.0. The smallest absolute Gasteiger partial charge is 1.00 e. The summed E-state index contributed by atoms with van der Waals surface area (Å²) in [5, 5.41) is 0. The third kappa shape index (κ3) is 14.5. The summed E-state index contributed by atoms with van der Waals surface area (Å²) in [5.74, 6) is 2.52. The number of hydrogen-bond donors (Lipinski definition) is 0. The van der Waals surface area contributed by atoms with Crippen LogP contribution < -0.4 is 24.8 Å². The molecule has 0 nitrogen and oxygen atoms in total. The van der Waals surface area contributed by atoms with Crippen molar-refractivity contribution >= 4 is 23.5 Å². The number of unbranched alkanes of at least 4 members (excludes halogenated alkanes) is 2. The average molecular weight is 770 g/mol. The monoisotopic (exact) mass is 768 g/mol. The van der Waals surface area contributed by atoms with Gasteiger partial charge in [0.15, 0.2) is 0 Å². The molecule has 4 aliphatic carbocycles. The Morgan fingerprint density at radius 3 is 1.28 bits per heavy atom. The molecule has 2 atom stereocenters. The van der Waals surface area contributed by atoms with Gasteiger partial charge in [0.2, 0.25) is 0 Å². The van der Waals surface area contributed by atoms with Crippen molar-refractivity contribution in [3.63, 3.8) is 0 Å². The molecule has 2 unspecified atom stereocenters. The molecule has 0 saturated carbocycles. The van der Waals surface area contributed by atoms with E-state index < -0.39 is 0 Å². The van der Waals surface area contributed by atoms with Crippen LogP contribution in [0.1, 0.15) is 120 Å². The molecule has 46 heavy (non-hydrogen) atoms. The topological polar surface area (TPSA) is 0 Å². The molecule has 0 amide bonds. The molecule has 0 radical (unpaired) electrons. The van der Waals surface area contributed by atoms with Gasteiger partial charge in [-0.05, 0) is 72.0 Å². The van der Waals surface area contributed by atoms with Gasteiger partial charge in [0.05, 0.1) is 0 Å². The molecular weight excluding hydrogens is 711 g/mol. The SMILES string of the molecule is CCCCSC1(CC2=[C-]CC=C2)CC=CC=C1C(C)(C)C.CCCCSC1(CC2=[C-]CC=C2)CC=CC=C1C(C)(C)C.[Cl-].[Cl-].[Ti+2].[Ti+2]. The first kappa shape index (κ1) is 48.7. The maximum atomic E-state index is 3.53. The van der Waals surface area contributed by atoms with Crippen LogP contribution in [0, 0.1) is 23.0 Å². The van der Waals surface area contributed by atoms with E-state index in [0.717, 1.165) is 38.5 Å². The summed E-state index contributed by atoms with van der Waals surface area (Å²) in [6.07, 6.45) is 41.8. The van der Waals surface area contributed by atoms with Crippen LogP contribution in [0.15, 0.2) is 83.1 Å². The fraction of sp³-hybridized carbons (Fsp3) is 0.600. The Bertz CT molecular complexity index is 1050. The van der Waals surface area contributed by atoms with Crippen molar-refractivity contribution in [1.29, 1.82) is 0 Å². The molecule has 4 aliphatic rings. The third-order valence-electron chi connectivity index (χ3n) is 8.53. The molecule has 0 aromatic carbocycles. The molecular formula is C40H58Cl2S2Ti2. The Labute approximate surface area is 335 Å². The predicted octanol–water partition coefficient (Wildman–Crippen LogP) is 6.54. The Morgan fingerprint density at radius 1 is 0.630 bits per heavy atom. The fourth-order valence-electron chi connectivity index (χ4n) is 6.53. The van der Waals surface area contributed by atoms with Crippen molar-refractivity contribution < 1.29 is 68.2 Å². The first-order chi connectivity index (χ1) is 20.0. The quantitative estimate of drug-likeness (QED) is 0.126. The minimum atomic E-state index is 0. The molecule has 0 fully saturated rings. The summed E-state index contributed by atoms with van der Waals surface area (Å²) in [7, 11) is 0. The van der Waals surface area contributed by atoms with E-state index in [0.29, 0.717) is 0 Å². The van der Waals surface area contributed by atoms with E-state index in [4.69, 9.17) is 0 Å². The van der Waals surface area contributed by atoms with E-state index in [2.05, 4.69) is 152 Å². The van der Waals surface area contributed by atoms with Crippen LogP contribution in [0.5, 0.6) is 0 Å². The zero-order valence-corrected chi connectivity index (χ0v) is 36.1. The van der Waals surface area contributed by atoms with E-state index in [9.17, 15) is 0 Å². The zero-order valence-electron chi connectivity index (χ0n) is 29.8. The van der Waals surface area contributed by atoms with Gasteiger partial charge in [0.25, 0.3) is 0 Å². The first-order valence-corrected chi connectivity index (χ1v) is 18.5. The van der Waals surface area contributed by atoms with Gasteiger partial charge in [0, 0.05) is 9.49 Å². The molecule has 4 rings (SSSR count). The number of allylic oxidation sites excluding steroid dienone is 14. The Hall–Kier alpha value is 0.629. The number of halogens is 2. The molecule has 0 heterocycles. The summed E-state index contributed by atoms with van der Waals surface area (Å²) in [5.41, 5.74) is 6.48. The second-order valence-corrected chi connectivity index (χ2v) is 17.2. The minimum Gasteiger partial charge on any atom is -1.00 e. The van der Waals surface area contributed by atoms with Gasteiger partial charge in [-0.2, -0.15) is 35.7 Å². The summed E-state index contributed by atoms with van der Waals surface area (Å²) in [4.78, 5) is 0. The van der Waals surface area contributed by atoms with Crippen LogP contribution >= 0.6 is 23.5 Å². The van der Waals surface area contributed by atoms with Crippen molar-refractivity contribution in [2.75, 3.05) is 11.5 Å². The van der Waals surface area contributed by atoms with Crippen molar-refractivity contribution in [3.05, 3.63) is 95.2 Å². The van der Waals surface area contributed by atoms with Crippen LogP contribution in [0.4, 0.5) is 0 Å². The largest absolute Gasteiger partial charge is 2.00 e. The van der Waals surface area contributed by atoms with E-state index in [1.807, 2.05) is 0 Å². The van der Waals surface area contributed by atoms with Crippen molar-refractivity contribution in [2.45, 2.75) is 129 Å². The molecule has 0 spiro atoms. The van der Waals surface area contributed by atoms with E-state index in [1.54, 1.807) is 11.1 Å². The van der Waals surface area contributed by atoms with E-state index in [1.165, 1.54) is 48.3 Å². The molecule has 0 aromatic heterocycles. The Balaban J connectivity index is 0. The maximum absolute atomic E-state index is 3.53. The predicted molar refractivity (Wildman–Crippen MR) is 193 cm³/mol. The maximum Gasteiger partial charge on any atom is 2.00 e. The molecule has 0 aromatic rings. The van der Waals surface area contributed by atoms with Gasteiger partial charge in [-0.1, -0.05) is 105 Å². The second kappa shape index (κ2) is 23.2. The van der Waals surface area contributed by atoms with Crippen LogP contribution in [-0.4, -0.2) is 21.0 Å². The Morgan fingerprint density at radius 2 is 1.00 bits per heavy atom. The zero-order chi connectivity index (χ0) is 30.7. The number of hydrogen-bond acceptors (Lipinski definition) is 2. The van der Waals surface area contributed by atoms with Gasteiger partial charge in [-0.3, -0.25) is 12.2 Å². The van der Waals surface area contributed by atoms with Crippen LogP contribution in [0.25, 0.3) is 0 Å². The fourth-order valence-corrected chi connectivity index (χ4v) is 10.2. The third-order valence-corrected chi connectivity index (χ3v) is 11.7. The molecule has 0 N–H and O–H groups in total. The average Bonchev–Trinajstić information content (AvgIpc) is 3.63. The number of thioether (sulfide) groups is 2. The first-order valence-electron chi connectivity index (χ1n) is 16.5. The summed E-state index contributed by atoms with van der Waals surface area (Å²) in [6, 6.07) is 0. The second-order valence-electron chi connectivity index (χ2n) is 14.3. The van der Waals surface area contributed by atoms with Crippen molar-refractivity contribution in [1.82, 2.24) is 0 Å². The van der Waals surface area contributed by atoms with E-state index in [-0.39, 0.29) is 88.6 Å². The van der Waals surface area contributed by atoms with Gasteiger partial charge < -0.3 is 24.8 Å².